The van der Waals surface area contributed by atoms with Gasteiger partial charge in [0.05, 0.1) is 19.0 Å². The van der Waals surface area contributed by atoms with Gasteiger partial charge < -0.3 is 10.1 Å². The molecule has 0 radical (unpaired) electrons. The molecule has 2 aromatic heterocycles. The predicted octanol–water partition coefficient (Wildman–Crippen LogP) is 4.59. The van der Waals surface area contributed by atoms with E-state index in [1.807, 2.05) is 47.5 Å². The van der Waals surface area contributed by atoms with Crippen LogP contribution in [0.2, 0.25) is 0 Å². The second-order valence-corrected chi connectivity index (χ2v) is 6.91. The molecule has 0 aliphatic heterocycles. The van der Waals surface area contributed by atoms with E-state index in [-0.39, 0.29) is 6.04 Å². The van der Waals surface area contributed by atoms with Crippen molar-refractivity contribution in [2.75, 3.05) is 7.11 Å². The normalized spacial score (nSPS) is 12.2. The maximum atomic E-state index is 5.24. The fourth-order valence-electron chi connectivity index (χ4n) is 3.55. The van der Waals surface area contributed by atoms with Crippen LogP contribution in [0.4, 0.5) is 0 Å². The molecule has 5 heteroatoms. The summed E-state index contributed by atoms with van der Waals surface area (Å²) in [5, 5.41) is 10.6. The van der Waals surface area contributed by atoms with Crippen LogP contribution in [0.3, 0.4) is 0 Å². The number of aromatic nitrogens is 3. The van der Waals surface area contributed by atoms with Crippen LogP contribution in [0.15, 0.2) is 67.1 Å². The van der Waals surface area contributed by atoms with Crippen LogP contribution in [0.25, 0.3) is 16.5 Å². The lowest BCUT2D eigenvalue weighted by Crippen LogP contribution is -2.18. The number of hydrogen-bond acceptors (Lipinski definition) is 4. The van der Waals surface area contributed by atoms with E-state index in [1.165, 1.54) is 16.5 Å². The Morgan fingerprint density at radius 3 is 2.68 bits per heavy atom. The summed E-state index contributed by atoms with van der Waals surface area (Å²) in [6, 6.07) is 16.5. The topological polar surface area (TPSA) is 52.0 Å². The van der Waals surface area contributed by atoms with Gasteiger partial charge in [0.25, 0.3) is 0 Å². The van der Waals surface area contributed by atoms with Crippen molar-refractivity contribution in [1.29, 1.82) is 0 Å². The number of nitrogens with zero attached hydrogens (tertiary/aromatic N) is 3. The van der Waals surface area contributed by atoms with Crippen molar-refractivity contribution in [2.24, 2.45) is 0 Å². The number of ether oxygens (including phenoxy) is 1. The summed E-state index contributed by atoms with van der Waals surface area (Å²) in [6.45, 7) is 5.07. The molecule has 0 bridgehead atoms. The molecule has 5 nitrogen and oxygen atoms in total. The summed E-state index contributed by atoms with van der Waals surface area (Å²) in [6.07, 6.45) is 5.70. The number of methoxy groups -OCH3 is 1. The number of pyridine rings is 1. The number of nitrogens with one attached hydrogen (secondary N) is 1. The summed E-state index contributed by atoms with van der Waals surface area (Å²) in [7, 11) is 1.67. The van der Waals surface area contributed by atoms with Gasteiger partial charge in [0.1, 0.15) is 5.75 Å². The maximum absolute atomic E-state index is 5.24. The van der Waals surface area contributed by atoms with Gasteiger partial charge in [-0.3, -0.25) is 4.98 Å². The minimum Gasteiger partial charge on any atom is -0.497 e. The Morgan fingerprint density at radius 2 is 1.89 bits per heavy atom. The number of fused-ring (bicyclic) bond motifs is 1. The molecule has 0 unspecified atom stereocenters. The molecule has 2 aromatic carbocycles. The highest BCUT2D eigenvalue weighted by atomic mass is 16.5. The molecule has 142 valence electrons. The van der Waals surface area contributed by atoms with Crippen molar-refractivity contribution in [3.8, 4) is 11.4 Å². The largest absolute Gasteiger partial charge is 0.497 e. The molecule has 0 fully saturated rings. The Kier molecular flexibility index (Phi) is 5.08. The van der Waals surface area contributed by atoms with Gasteiger partial charge in [-0.1, -0.05) is 18.2 Å². The molecular weight excluding hydrogens is 348 g/mol. The number of rotatable bonds is 6. The Morgan fingerprint density at radius 1 is 1.07 bits per heavy atom. The molecular formula is C23H24N4O. The van der Waals surface area contributed by atoms with E-state index in [0.717, 1.165) is 29.1 Å². The van der Waals surface area contributed by atoms with E-state index >= 15 is 0 Å². The van der Waals surface area contributed by atoms with Gasteiger partial charge in [0, 0.05) is 41.6 Å². The minimum absolute atomic E-state index is 0.184. The molecule has 0 amide bonds. The zero-order valence-electron chi connectivity index (χ0n) is 16.4. The summed E-state index contributed by atoms with van der Waals surface area (Å²) < 4.78 is 7.21. The molecule has 2 heterocycles. The zero-order chi connectivity index (χ0) is 19.5. The lowest BCUT2D eigenvalue weighted by Gasteiger charge is -2.15. The first-order valence-corrected chi connectivity index (χ1v) is 9.41. The van der Waals surface area contributed by atoms with E-state index in [1.54, 1.807) is 7.11 Å². The number of hydrogen-bond donors (Lipinski definition) is 1. The minimum atomic E-state index is 0.184. The average molecular weight is 372 g/mol. The average Bonchev–Trinajstić information content (AvgIpc) is 3.13. The fraction of sp³-hybridized carbons (Fsp3) is 0.217. The highest BCUT2D eigenvalue weighted by Gasteiger charge is 2.14. The van der Waals surface area contributed by atoms with Crippen molar-refractivity contribution >= 4 is 10.8 Å². The van der Waals surface area contributed by atoms with Gasteiger partial charge in [0.15, 0.2) is 0 Å². The molecule has 0 aliphatic rings. The molecule has 1 atom stereocenters. The van der Waals surface area contributed by atoms with Crippen molar-refractivity contribution in [2.45, 2.75) is 26.4 Å². The van der Waals surface area contributed by atoms with Gasteiger partial charge in [-0.2, -0.15) is 5.10 Å². The predicted molar refractivity (Wildman–Crippen MR) is 112 cm³/mol. The van der Waals surface area contributed by atoms with E-state index in [2.05, 4.69) is 53.5 Å². The zero-order valence-corrected chi connectivity index (χ0v) is 16.4. The Balaban J connectivity index is 1.52. The van der Waals surface area contributed by atoms with Gasteiger partial charge in [-0.05, 0) is 55.1 Å². The summed E-state index contributed by atoms with van der Waals surface area (Å²) in [4.78, 5) is 4.21. The molecule has 28 heavy (non-hydrogen) atoms. The monoisotopic (exact) mass is 372 g/mol. The van der Waals surface area contributed by atoms with Gasteiger partial charge in [-0.25, -0.2) is 4.68 Å². The second kappa shape index (κ2) is 7.82. The third kappa shape index (κ3) is 3.49. The summed E-state index contributed by atoms with van der Waals surface area (Å²) in [5.74, 6) is 0.842. The molecule has 4 rings (SSSR count). The first-order valence-electron chi connectivity index (χ1n) is 9.41. The fourth-order valence-corrected chi connectivity index (χ4v) is 3.55. The van der Waals surface area contributed by atoms with Crippen LogP contribution in [0.1, 0.15) is 29.8 Å². The standard InChI is InChI=1S/C23H24N4O/c1-16(25-14-19-6-4-5-18-13-24-12-11-22(18)19)23-15-26-27(17(23)2)20-7-9-21(28-3)10-8-20/h4-13,15-16,25H,14H2,1-3H3/t16-/m0/s1. The van der Waals surface area contributed by atoms with Crippen LogP contribution in [0.5, 0.6) is 5.75 Å². The lowest BCUT2D eigenvalue weighted by atomic mass is 10.1. The van der Waals surface area contributed by atoms with E-state index in [9.17, 15) is 0 Å². The van der Waals surface area contributed by atoms with Crippen molar-refractivity contribution in [3.63, 3.8) is 0 Å². The van der Waals surface area contributed by atoms with Crippen LogP contribution < -0.4 is 10.1 Å². The van der Waals surface area contributed by atoms with Gasteiger partial charge in [0.2, 0.25) is 0 Å². The van der Waals surface area contributed by atoms with E-state index in [0.29, 0.717) is 0 Å². The van der Waals surface area contributed by atoms with Crippen LogP contribution in [-0.2, 0) is 6.54 Å². The Labute approximate surface area is 165 Å². The van der Waals surface area contributed by atoms with Crippen molar-refractivity contribution < 1.29 is 4.74 Å². The SMILES string of the molecule is COc1ccc(-n2ncc([C@H](C)NCc3cccc4cnccc34)c2C)cc1. The van der Waals surface area contributed by atoms with Gasteiger partial charge >= 0.3 is 0 Å². The van der Waals surface area contributed by atoms with Crippen molar-refractivity contribution in [3.05, 3.63) is 83.9 Å². The highest BCUT2D eigenvalue weighted by Crippen LogP contribution is 2.23. The Bertz CT molecular complexity index is 1080. The smallest absolute Gasteiger partial charge is 0.119 e. The van der Waals surface area contributed by atoms with Crippen LogP contribution in [-0.4, -0.2) is 21.9 Å². The van der Waals surface area contributed by atoms with E-state index < -0.39 is 0 Å². The number of benzene rings is 2. The molecule has 0 spiro atoms. The molecule has 0 saturated carbocycles. The van der Waals surface area contributed by atoms with Gasteiger partial charge in [-0.15, -0.1) is 0 Å². The van der Waals surface area contributed by atoms with Crippen LogP contribution >= 0.6 is 0 Å². The third-order valence-electron chi connectivity index (χ3n) is 5.20. The third-order valence-corrected chi connectivity index (χ3v) is 5.20. The van der Waals surface area contributed by atoms with Crippen molar-refractivity contribution in [1.82, 2.24) is 20.1 Å². The quantitative estimate of drug-likeness (QED) is 0.538. The van der Waals surface area contributed by atoms with Crippen LogP contribution in [0, 0.1) is 6.92 Å². The van der Waals surface area contributed by atoms with E-state index in [4.69, 9.17) is 4.74 Å². The maximum Gasteiger partial charge on any atom is 0.119 e. The molecule has 0 aliphatic carbocycles. The summed E-state index contributed by atoms with van der Waals surface area (Å²) >= 11 is 0. The summed E-state index contributed by atoms with van der Waals surface area (Å²) in [5.41, 5.74) is 4.62. The second-order valence-electron chi connectivity index (χ2n) is 6.91. The molecule has 0 saturated heterocycles. The Hall–Kier alpha value is -3.18. The first-order chi connectivity index (χ1) is 13.7. The molecule has 1 N–H and O–H groups in total. The lowest BCUT2D eigenvalue weighted by molar-refractivity contribution is 0.414. The highest BCUT2D eigenvalue weighted by molar-refractivity contribution is 5.84. The first kappa shape index (κ1) is 18.2. The molecule has 4 aromatic rings.